The number of ketones is 1. The van der Waals surface area contributed by atoms with Gasteiger partial charge in [-0.15, -0.1) is 0 Å². The minimum atomic E-state index is 0.304. The lowest BCUT2D eigenvalue weighted by Crippen LogP contribution is -2.16. The first-order valence-electron chi connectivity index (χ1n) is 5.22. The number of hydrogen-bond acceptors (Lipinski definition) is 3. The molecule has 0 aromatic rings. The van der Waals surface area contributed by atoms with Gasteiger partial charge in [0, 0.05) is 25.1 Å². The summed E-state index contributed by atoms with van der Waals surface area (Å²) in [5.74, 6) is 0.304. The molecule has 0 saturated carbocycles. The van der Waals surface area contributed by atoms with E-state index < -0.39 is 0 Å². The molecule has 82 valence electrons. The van der Waals surface area contributed by atoms with Crippen LogP contribution in [-0.2, 0) is 4.79 Å². The van der Waals surface area contributed by atoms with Crippen molar-refractivity contribution in [3.05, 3.63) is 0 Å². The first-order chi connectivity index (χ1) is 6.56. The number of nitrogens with zero attached hydrogens (tertiary/aromatic N) is 2. The fourth-order valence-electron chi connectivity index (χ4n) is 1.15. The molecule has 0 heterocycles. The quantitative estimate of drug-likeness (QED) is 0.584. The fourth-order valence-corrected chi connectivity index (χ4v) is 1.15. The molecule has 14 heavy (non-hydrogen) atoms. The van der Waals surface area contributed by atoms with E-state index in [9.17, 15) is 4.79 Å². The molecule has 0 rings (SSSR count). The van der Waals surface area contributed by atoms with E-state index in [-0.39, 0.29) is 0 Å². The summed E-state index contributed by atoms with van der Waals surface area (Å²) < 4.78 is 0. The van der Waals surface area contributed by atoms with Crippen LogP contribution in [0.1, 0.15) is 33.1 Å². The van der Waals surface area contributed by atoms with Gasteiger partial charge >= 0.3 is 0 Å². The number of carbonyl (C=O) groups excluding carboxylic acids is 1. The summed E-state index contributed by atoms with van der Waals surface area (Å²) in [5.41, 5.74) is 0.963. The second-order valence-corrected chi connectivity index (χ2v) is 3.89. The molecular weight excluding hydrogens is 176 g/mol. The molecule has 0 N–H and O–H groups in total. The molecule has 0 aliphatic carbocycles. The maximum atomic E-state index is 11.3. The molecular formula is C11H22N2O. The Morgan fingerprint density at radius 3 is 2.50 bits per heavy atom. The summed E-state index contributed by atoms with van der Waals surface area (Å²) in [6.45, 7) is 5.69. The van der Waals surface area contributed by atoms with Gasteiger partial charge in [-0.1, -0.05) is 6.92 Å². The van der Waals surface area contributed by atoms with Crippen molar-refractivity contribution in [3.8, 4) is 0 Å². The Labute approximate surface area is 87.2 Å². The topological polar surface area (TPSA) is 32.7 Å². The molecule has 0 bridgehead atoms. The molecule has 0 atom stereocenters. The van der Waals surface area contributed by atoms with Crippen molar-refractivity contribution >= 4 is 11.5 Å². The van der Waals surface area contributed by atoms with Crippen LogP contribution in [0.15, 0.2) is 4.99 Å². The third-order valence-corrected chi connectivity index (χ3v) is 1.91. The van der Waals surface area contributed by atoms with Crippen molar-refractivity contribution < 1.29 is 4.79 Å². The molecule has 3 heteroatoms. The summed E-state index contributed by atoms with van der Waals surface area (Å²) in [6.07, 6.45) is 2.14. The van der Waals surface area contributed by atoms with Crippen LogP contribution in [0.4, 0.5) is 0 Å². The molecule has 0 amide bonds. The highest BCUT2D eigenvalue weighted by atomic mass is 16.1. The summed E-state index contributed by atoms with van der Waals surface area (Å²) in [5, 5.41) is 0. The SMILES string of the molecule is CCCC(=O)CC(C)=NCCN(C)C. The predicted molar refractivity (Wildman–Crippen MR) is 61.1 cm³/mol. The molecule has 0 saturated heterocycles. The monoisotopic (exact) mass is 198 g/mol. The molecule has 0 radical (unpaired) electrons. The smallest absolute Gasteiger partial charge is 0.138 e. The highest BCUT2D eigenvalue weighted by molar-refractivity contribution is 6.00. The Balaban J connectivity index is 3.71. The summed E-state index contributed by atoms with van der Waals surface area (Å²) >= 11 is 0. The Bertz CT molecular complexity index is 197. The van der Waals surface area contributed by atoms with Gasteiger partial charge in [0.25, 0.3) is 0 Å². The van der Waals surface area contributed by atoms with Crippen LogP contribution in [0.2, 0.25) is 0 Å². The maximum absolute atomic E-state index is 11.3. The van der Waals surface area contributed by atoms with Gasteiger partial charge in [-0.2, -0.15) is 0 Å². The van der Waals surface area contributed by atoms with Crippen LogP contribution in [-0.4, -0.2) is 43.6 Å². The van der Waals surface area contributed by atoms with E-state index >= 15 is 0 Å². The first-order valence-corrected chi connectivity index (χ1v) is 5.22. The Morgan fingerprint density at radius 1 is 1.36 bits per heavy atom. The van der Waals surface area contributed by atoms with Gasteiger partial charge in [0.2, 0.25) is 0 Å². The van der Waals surface area contributed by atoms with E-state index in [1.165, 1.54) is 0 Å². The van der Waals surface area contributed by atoms with Gasteiger partial charge in [0.05, 0.1) is 6.54 Å². The van der Waals surface area contributed by atoms with Gasteiger partial charge in [-0.3, -0.25) is 9.79 Å². The largest absolute Gasteiger partial charge is 0.308 e. The van der Waals surface area contributed by atoms with Crippen LogP contribution < -0.4 is 0 Å². The third-order valence-electron chi connectivity index (χ3n) is 1.91. The zero-order valence-corrected chi connectivity index (χ0v) is 9.84. The molecule has 3 nitrogen and oxygen atoms in total. The highest BCUT2D eigenvalue weighted by Gasteiger charge is 2.01. The van der Waals surface area contributed by atoms with Crippen molar-refractivity contribution in [2.75, 3.05) is 27.2 Å². The van der Waals surface area contributed by atoms with Crippen molar-refractivity contribution in [3.63, 3.8) is 0 Å². The number of rotatable bonds is 7. The summed E-state index contributed by atoms with van der Waals surface area (Å²) in [7, 11) is 4.04. The van der Waals surface area contributed by atoms with E-state index in [1.54, 1.807) is 0 Å². The summed E-state index contributed by atoms with van der Waals surface area (Å²) in [6, 6.07) is 0. The van der Waals surface area contributed by atoms with Gasteiger partial charge < -0.3 is 4.90 Å². The Morgan fingerprint density at radius 2 is 2.00 bits per heavy atom. The lowest BCUT2D eigenvalue weighted by Gasteiger charge is -2.06. The molecule has 0 fully saturated rings. The van der Waals surface area contributed by atoms with E-state index in [1.807, 2.05) is 27.9 Å². The van der Waals surface area contributed by atoms with Crippen molar-refractivity contribution in [2.24, 2.45) is 4.99 Å². The molecule has 0 aromatic carbocycles. The van der Waals surface area contributed by atoms with Crippen LogP contribution in [0, 0.1) is 0 Å². The average Bonchev–Trinajstić information content (AvgIpc) is 2.03. The van der Waals surface area contributed by atoms with Gasteiger partial charge in [0.15, 0.2) is 0 Å². The molecule has 0 unspecified atom stereocenters. The molecule has 0 aliphatic heterocycles. The second kappa shape index (κ2) is 7.68. The number of aliphatic imine (C=N–C) groups is 1. The van der Waals surface area contributed by atoms with Crippen LogP contribution in [0.5, 0.6) is 0 Å². The van der Waals surface area contributed by atoms with E-state index in [4.69, 9.17) is 0 Å². The van der Waals surface area contributed by atoms with E-state index in [0.29, 0.717) is 18.6 Å². The Hall–Kier alpha value is -0.700. The third kappa shape index (κ3) is 7.92. The van der Waals surface area contributed by atoms with Crippen molar-refractivity contribution in [1.82, 2.24) is 4.90 Å². The van der Waals surface area contributed by atoms with Gasteiger partial charge in [0.1, 0.15) is 5.78 Å². The zero-order chi connectivity index (χ0) is 11.0. The first kappa shape index (κ1) is 13.3. The standard InChI is InChI=1S/C11H22N2O/c1-5-6-11(14)9-10(2)12-7-8-13(3)4/h5-9H2,1-4H3. The number of hydrogen-bond donors (Lipinski definition) is 0. The summed E-state index contributed by atoms with van der Waals surface area (Å²) in [4.78, 5) is 17.7. The normalized spacial score (nSPS) is 12.2. The second-order valence-electron chi connectivity index (χ2n) is 3.89. The van der Waals surface area contributed by atoms with E-state index in [0.717, 1.165) is 25.2 Å². The molecule has 0 aliphatic rings. The van der Waals surface area contributed by atoms with E-state index in [2.05, 4.69) is 9.89 Å². The number of Topliss-reactive ketones (excluding diaryl/α,β-unsaturated/α-hetero) is 1. The minimum absolute atomic E-state index is 0.304. The number of likely N-dealkylation sites (N-methyl/N-ethyl adjacent to an activating group) is 1. The Kier molecular flexibility index (Phi) is 7.30. The lowest BCUT2D eigenvalue weighted by molar-refractivity contribution is -0.117. The molecule has 0 spiro atoms. The van der Waals surface area contributed by atoms with Gasteiger partial charge in [-0.25, -0.2) is 0 Å². The molecule has 0 aromatic heterocycles. The lowest BCUT2D eigenvalue weighted by atomic mass is 10.1. The highest BCUT2D eigenvalue weighted by Crippen LogP contribution is 1.96. The van der Waals surface area contributed by atoms with Crippen LogP contribution >= 0.6 is 0 Å². The fraction of sp³-hybridized carbons (Fsp3) is 0.818. The van der Waals surface area contributed by atoms with Crippen LogP contribution in [0.3, 0.4) is 0 Å². The van der Waals surface area contributed by atoms with Crippen molar-refractivity contribution in [1.29, 1.82) is 0 Å². The zero-order valence-electron chi connectivity index (χ0n) is 9.84. The average molecular weight is 198 g/mol. The number of carbonyl (C=O) groups is 1. The van der Waals surface area contributed by atoms with Crippen LogP contribution in [0.25, 0.3) is 0 Å². The van der Waals surface area contributed by atoms with Crippen molar-refractivity contribution in [2.45, 2.75) is 33.1 Å². The minimum Gasteiger partial charge on any atom is -0.308 e. The van der Waals surface area contributed by atoms with Gasteiger partial charge in [-0.05, 0) is 27.4 Å². The predicted octanol–water partition coefficient (Wildman–Crippen LogP) is 1.77. The maximum Gasteiger partial charge on any atom is 0.138 e.